The lowest BCUT2D eigenvalue weighted by Gasteiger charge is -2.38. The fraction of sp³-hybridized carbons (Fsp3) is 0.458. The molecule has 1 aliphatic rings. The topological polar surface area (TPSA) is 45.2 Å². The van der Waals surface area contributed by atoms with Gasteiger partial charge in [0, 0.05) is 45.5 Å². The molecule has 1 amide bonds. The number of amides is 1. The van der Waals surface area contributed by atoms with E-state index in [1.807, 2.05) is 50.4 Å². The van der Waals surface area contributed by atoms with Gasteiger partial charge in [-0.1, -0.05) is 18.2 Å². The lowest BCUT2D eigenvalue weighted by Crippen LogP contribution is -2.54. The normalized spacial score (nSPS) is 16.2. The van der Waals surface area contributed by atoms with Crippen LogP contribution in [-0.4, -0.2) is 69.2 Å². The second kappa shape index (κ2) is 9.96. The minimum Gasteiger partial charge on any atom is -0.493 e. The lowest BCUT2D eigenvalue weighted by molar-refractivity contribution is -0.123. The Hall–Kier alpha value is -2.57. The van der Waals surface area contributed by atoms with Crippen molar-refractivity contribution in [1.29, 1.82) is 0 Å². The molecule has 1 heterocycles. The SMILES string of the molecule is COc1cc(C)c(CN2CCN([C@H](C)C(=O)N(C)c3ccccc3)CC2)cc1OC. The van der Waals surface area contributed by atoms with E-state index in [0.717, 1.165) is 49.9 Å². The Balaban J connectivity index is 1.58. The molecule has 0 spiro atoms. The number of benzene rings is 2. The molecule has 0 radical (unpaired) electrons. The summed E-state index contributed by atoms with van der Waals surface area (Å²) in [5, 5.41) is 0. The van der Waals surface area contributed by atoms with Crippen molar-refractivity contribution < 1.29 is 14.3 Å². The van der Waals surface area contributed by atoms with Crippen LogP contribution < -0.4 is 14.4 Å². The quantitative estimate of drug-likeness (QED) is 0.700. The maximum Gasteiger partial charge on any atom is 0.243 e. The van der Waals surface area contributed by atoms with E-state index in [2.05, 4.69) is 22.8 Å². The van der Waals surface area contributed by atoms with E-state index in [1.165, 1.54) is 11.1 Å². The van der Waals surface area contributed by atoms with E-state index in [0.29, 0.717) is 0 Å². The molecule has 1 fully saturated rings. The van der Waals surface area contributed by atoms with Gasteiger partial charge in [-0.25, -0.2) is 0 Å². The Kier molecular flexibility index (Phi) is 7.34. The fourth-order valence-corrected chi connectivity index (χ4v) is 3.96. The maximum atomic E-state index is 12.9. The number of carbonyl (C=O) groups excluding carboxylic acids is 1. The van der Waals surface area contributed by atoms with Gasteiger partial charge in [-0.2, -0.15) is 0 Å². The van der Waals surface area contributed by atoms with Gasteiger partial charge in [-0.05, 0) is 49.2 Å². The Morgan fingerprint density at radius 3 is 2.23 bits per heavy atom. The Morgan fingerprint density at radius 2 is 1.63 bits per heavy atom. The average Bonchev–Trinajstić information content (AvgIpc) is 2.79. The number of carbonyl (C=O) groups is 1. The highest BCUT2D eigenvalue weighted by atomic mass is 16.5. The fourth-order valence-electron chi connectivity index (χ4n) is 3.96. The van der Waals surface area contributed by atoms with Gasteiger partial charge >= 0.3 is 0 Å². The predicted octanol–water partition coefficient (Wildman–Crippen LogP) is 3.18. The molecule has 0 bridgehead atoms. The third-order valence-electron chi connectivity index (χ3n) is 6.02. The van der Waals surface area contributed by atoms with Crippen molar-refractivity contribution in [3.63, 3.8) is 0 Å². The average molecular weight is 412 g/mol. The van der Waals surface area contributed by atoms with E-state index in [1.54, 1.807) is 19.1 Å². The summed E-state index contributed by atoms with van der Waals surface area (Å²) in [6, 6.07) is 13.8. The molecule has 1 aliphatic heterocycles. The summed E-state index contributed by atoms with van der Waals surface area (Å²) < 4.78 is 10.9. The minimum atomic E-state index is -0.139. The first-order valence-electron chi connectivity index (χ1n) is 10.4. The van der Waals surface area contributed by atoms with Crippen LogP contribution in [0.3, 0.4) is 0 Å². The molecular weight excluding hydrogens is 378 g/mol. The van der Waals surface area contributed by atoms with Gasteiger partial charge in [-0.15, -0.1) is 0 Å². The Bertz CT molecular complexity index is 848. The second-order valence-electron chi connectivity index (χ2n) is 7.85. The number of hydrogen-bond donors (Lipinski definition) is 0. The van der Waals surface area contributed by atoms with Crippen molar-refractivity contribution in [3.05, 3.63) is 53.6 Å². The largest absolute Gasteiger partial charge is 0.493 e. The van der Waals surface area contributed by atoms with E-state index < -0.39 is 0 Å². The predicted molar refractivity (Wildman–Crippen MR) is 120 cm³/mol. The van der Waals surface area contributed by atoms with Gasteiger partial charge < -0.3 is 14.4 Å². The van der Waals surface area contributed by atoms with Crippen molar-refractivity contribution in [2.45, 2.75) is 26.4 Å². The summed E-state index contributed by atoms with van der Waals surface area (Å²) in [6.07, 6.45) is 0. The smallest absolute Gasteiger partial charge is 0.243 e. The van der Waals surface area contributed by atoms with Gasteiger partial charge in [-0.3, -0.25) is 14.6 Å². The molecule has 1 atom stereocenters. The van der Waals surface area contributed by atoms with E-state index in [4.69, 9.17) is 9.47 Å². The number of nitrogens with zero attached hydrogens (tertiary/aromatic N) is 3. The molecule has 0 aliphatic carbocycles. The number of para-hydroxylation sites is 1. The number of anilines is 1. The molecule has 0 aromatic heterocycles. The third kappa shape index (κ3) is 4.94. The molecule has 6 nitrogen and oxygen atoms in total. The van der Waals surface area contributed by atoms with Crippen molar-refractivity contribution >= 4 is 11.6 Å². The molecule has 1 saturated heterocycles. The number of methoxy groups -OCH3 is 2. The number of likely N-dealkylation sites (N-methyl/N-ethyl adjacent to an activating group) is 1. The van der Waals surface area contributed by atoms with Gasteiger partial charge in [0.15, 0.2) is 11.5 Å². The highest BCUT2D eigenvalue weighted by Crippen LogP contribution is 2.31. The van der Waals surface area contributed by atoms with E-state index in [9.17, 15) is 4.79 Å². The monoisotopic (exact) mass is 411 g/mol. The van der Waals surface area contributed by atoms with Gasteiger partial charge in [0.05, 0.1) is 20.3 Å². The molecule has 0 unspecified atom stereocenters. The summed E-state index contributed by atoms with van der Waals surface area (Å²) in [5.41, 5.74) is 3.37. The zero-order valence-electron chi connectivity index (χ0n) is 18.7. The summed E-state index contributed by atoms with van der Waals surface area (Å²) in [7, 11) is 5.18. The van der Waals surface area contributed by atoms with Crippen LogP contribution in [0.15, 0.2) is 42.5 Å². The van der Waals surface area contributed by atoms with Gasteiger partial charge in [0.25, 0.3) is 0 Å². The molecule has 3 rings (SSSR count). The molecule has 30 heavy (non-hydrogen) atoms. The van der Waals surface area contributed by atoms with E-state index in [-0.39, 0.29) is 11.9 Å². The van der Waals surface area contributed by atoms with Crippen LogP contribution >= 0.6 is 0 Å². The van der Waals surface area contributed by atoms with Crippen molar-refractivity contribution in [3.8, 4) is 11.5 Å². The molecule has 162 valence electrons. The van der Waals surface area contributed by atoms with Crippen molar-refractivity contribution in [2.24, 2.45) is 0 Å². The molecule has 0 N–H and O–H groups in total. The first-order chi connectivity index (χ1) is 14.4. The van der Waals surface area contributed by atoms with Crippen molar-refractivity contribution in [1.82, 2.24) is 9.80 Å². The number of ether oxygens (including phenoxy) is 2. The lowest BCUT2D eigenvalue weighted by atomic mass is 10.1. The summed E-state index contributed by atoms with van der Waals surface area (Å²) in [4.78, 5) is 19.4. The zero-order chi connectivity index (χ0) is 21.7. The summed E-state index contributed by atoms with van der Waals surface area (Å²) in [6.45, 7) is 8.60. The molecule has 6 heteroatoms. The molecule has 0 saturated carbocycles. The van der Waals surface area contributed by atoms with Crippen LogP contribution in [-0.2, 0) is 11.3 Å². The molecule has 2 aromatic carbocycles. The minimum absolute atomic E-state index is 0.130. The molecule has 2 aromatic rings. The van der Waals surface area contributed by atoms with Crippen LogP contribution in [0.2, 0.25) is 0 Å². The number of rotatable bonds is 7. The third-order valence-corrected chi connectivity index (χ3v) is 6.02. The Morgan fingerprint density at radius 1 is 1.03 bits per heavy atom. The Labute approximate surface area is 180 Å². The number of hydrogen-bond acceptors (Lipinski definition) is 5. The van der Waals surface area contributed by atoms with Gasteiger partial charge in [0.1, 0.15) is 0 Å². The van der Waals surface area contributed by atoms with Crippen molar-refractivity contribution in [2.75, 3.05) is 52.3 Å². The van der Waals surface area contributed by atoms with Crippen LogP contribution in [0.25, 0.3) is 0 Å². The highest BCUT2D eigenvalue weighted by molar-refractivity contribution is 5.96. The number of aryl methyl sites for hydroxylation is 1. The van der Waals surface area contributed by atoms with Gasteiger partial charge in [0.2, 0.25) is 5.91 Å². The molecular formula is C24H33N3O3. The van der Waals surface area contributed by atoms with Crippen LogP contribution in [0.1, 0.15) is 18.1 Å². The first kappa shape index (κ1) is 22.1. The van der Waals surface area contributed by atoms with Crippen LogP contribution in [0, 0.1) is 6.92 Å². The van der Waals surface area contributed by atoms with E-state index >= 15 is 0 Å². The first-order valence-corrected chi connectivity index (χ1v) is 10.4. The standard InChI is InChI=1S/C24H33N3O3/c1-18-15-22(29-4)23(30-5)16-20(18)17-26-11-13-27(14-12-26)19(2)24(28)25(3)21-9-7-6-8-10-21/h6-10,15-16,19H,11-14,17H2,1-5H3/t19-/m1/s1. The van der Waals surface area contributed by atoms with Crippen LogP contribution in [0.4, 0.5) is 5.69 Å². The number of piperazine rings is 1. The van der Waals surface area contributed by atoms with Crippen LogP contribution in [0.5, 0.6) is 11.5 Å². The highest BCUT2D eigenvalue weighted by Gasteiger charge is 2.28. The summed E-state index contributed by atoms with van der Waals surface area (Å²) in [5.74, 6) is 1.66. The second-order valence-corrected chi connectivity index (χ2v) is 7.85. The summed E-state index contributed by atoms with van der Waals surface area (Å²) >= 11 is 0. The zero-order valence-corrected chi connectivity index (χ0v) is 18.7. The maximum absolute atomic E-state index is 12.9.